The van der Waals surface area contributed by atoms with E-state index in [0.29, 0.717) is 12.6 Å². The summed E-state index contributed by atoms with van der Waals surface area (Å²) in [4.78, 5) is 0.163. The summed E-state index contributed by atoms with van der Waals surface area (Å²) in [5, 5.41) is 7.31. The number of hydrogen-bond donors (Lipinski definition) is 2. The summed E-state index contributed by atoms with van der Waals surface area (Å²) in [7, 11) is -3.55. The smallest absolute Gasteiger partial charge is 0.243 e. The highest BCUT2D eigenvalue weighted by Crippen LogP contribution is 2.08. The van der Waals surface area contributed by atoms with Gasteiger partial charge in [0.15, 0.2) is 0 Å². The van der Waals surface area contributed by atoms with Gasteiger partial charge in [0, 0.05) is 30.9 Å². The number of furan rings is 1. The van der Waals surface area contributed by atoms with Gasteiger partial charge < -0.3 is 9.73 Å². The van der Waals surface area contributed by atoms with Crippen molar-refractivity contribution in [2.45, 2.75) is 37.9 Å². The van der Waals surface area contributed by atoms with Crippen LogP contribution in [-0.4, -0.2) is 30.8 Å². The predicted octanol–water partition coefficient (Wildman–Crippen LogP) is 0.953. The zero-order chi connectivity index (χ0) is 15.3. The highest BCUT2D eigenvalue weighted by atomic mass is 32.2. The average Bonchev–Trinajstić information content (AvgIpc) is 3.07. The Morgan fingerprint density at radius 3 is 2.90 bits per heavy atom. The van der Waals surface area contributed by atoms with Gasteiger partial charge in [-0.2, -0.15) is 5.10 Å². The van der Waals surface area contributed by atoms with Gasteiger partial charge >= 0.3 is 0 Å². The molecule has 2 heterocycles. The quantitative estimate of drug-likeness (QED) is 0.757. The third-order valence-corrected chi connectivity index (χ3v) is 4.22. The first kappa shape index (κ1) is 15.7. The summed E-state index contributed by atoms with van der Waals surface area (Å²) in [6.45, 7) is 5.66. The predicted molar refractivity (Wildman–Crippen MR) is 78.1 cm³/mol. The molecular weight excluding hydrogens is 292 g/mol. The van der Waals surface area contributed by atoms with Crippen molar-refractivity contribution in [1.29, 1.82) is 0 Å². The monoisotopic (exact) mass is 312 g/mol. The second-order valence-corrected chi connectivity index (χ2v) is 6.77. The van der Waals surface area contributed by atoms with Gasteiger partial charge in [0.05, 0.1) is 25.3 Å². The van der Waals surface area contributed by atoms with Crippen LogP contribution in [0.4, 0.5) is 0 Å². The van der Waals surface area contributed by atoms with Gasteiger partial charge in [-0.25, -0.2) is 13.1 Å². The van der Waals surface area contributed by atoms with Gasteiger partial charge in [-0.3, -0.25) is 4.68 Å². The van der Waals surface area contributed by atoms with Crippen molar-refractivity contribution in [3.05, 3.63) is 36.5 Å². The van der Waals surface area contributed by atoms with E-state index in [4.69, 9.17) is 4.42 Å². The third-order valence-electron chi connectivity index (χ3n) is 2.86. The van der Waals surface area contributed by atoms with E-state index in [2.05, 4.69) is 29.0 Å². The molecule has 2 N–H and O–H groups in total. The highest BCUT2D eigenvalue weighted by molar-refractivity contribution is 7.89. The fraction of sp³-hybridized carbons (Fsp3) is 0.462. The maximum Gasteiger partial charge on any atom is 0.243 e. The standard InChI is InChI=1S/C13H20N4O3S/c1-11(2)14-4-5-17-9-13(8-15-17)21(18,19)16-7-12-3-6-20-10-12/h3,6,8-11,14,16H,4-5,7H2,1-2H3. The molecule has 0 aliphatic carbocycles. The van der Waals surface area contributed by atoms with Crippen molar-refractivity contribution in [2.75, 3.05) is 6.54 Å². The number of rotatable bonds is 8. The van der Waals surface area contributed by atoms with Crippen molar-refractivity contribution in [1.82, 2.24) is 19.8 Å². The molecule has 8 heteroatoms. The van der Waals surface area contributed by atoms with E-state index in [1.54, 1.807) is 10.7 Å². The van der Waals surface area contributed by atoms with Gasteiger partial charge in [-0.05, 0) is 6.07 Å². The first-order valence-electron chi connectivity index (χ1n) is 6.74. The van der Waals surface area contributed by atoms with Crippen LogP contribution < -0.4 is 10.0 Å². The number of aromatic nitrogens is 2. The molecule has 2 aromatic rings. The summed E-state index contributed by atoms with van der Waals surface area (Å²) in [5.41, 5.74) is 0.770. The van der Waals surface area contributed by atoms with Crippen LogP contribution in [0.5, 0.6) is 0 Å². The molecule has 0 atom stereocenters. The lowest BCUT2D eigenvalue weighted by molar-refractivity contribution is 0.514. The summed E-state index contributed by atoms with van der Waals surface area (Å²) in [6, 6.07) is 2.10. The van der Waals surface area contributed by atoms with Crippen molar-refractivity contribution in [2.24, 2.45) is 0 Å². The first-order valence-corrected chi connectivity index (χ1v) is 8.22. The van der Waals surface area contributed by atoms with Crippen LogP contribution >= 0.6 is 0 Å². The molecular formula is C13H20N4O3S. The molecule has 0 aromatic carbocycles. The highest BCUT2D eigenvalue weighted by Gasteiger charge is 2.16. The first-order chi connectivity index (χ1) is 9.97. The van der Waals surface area contributed by atoms with Crippen molar-refractivity contribution < 1.29 is 12.8 Å². The fourth-order valence-corrected chi connectivity index (χ4v) is 2.70. The van der Waals surface area contributed by atoms with Crippen LogP contribution in [0.25, 0.3) is 0 Å². The lowest BCUT2D eigenvalue weighted by Crippen LogP contribution is -2.26. The Labute approximate surface area is 124 Å². The molecule has 0 aliphatic rings. The average molecular weight is 312 g/mol. The maximum atomic E-state index is 12.1. The SMILES string of the molecule is CC(C)NCCn1cc(S(=O)(=O)NCc2ccoc2)cn1. The number of nitrogens with zero attached hydrogens (tertiary/aromatic N) is 2. The molecule has 7 nitrogen and oxygen atoms in total. The number of hydrogen-bond acceptors (Lipinski definition) is 5. The third kappa shape index (κ3) is 4.69. The Balaban J connectivity index is 1.92. The minimum atomic E-state index is -3.55. The van der Waals surface area contributed by atoms with Crippen LogP contribution in [-0.2, 0) is 23.1 Å². The molecule has 0 radical (unpaired) electrons. The normalized spacial score (nSPS) is 12.1. The van der Waals surface area contributed by atoms with Crippen LogP contribution in [0.2, 0.25) is 0 Å². The molecule has 116 valence electrons. The second-order valence-electron chi connectivity index (χ2n) is 5.00. The summed E-state index contributed by atoms with van der Waals surface area (Å²) in [6.07, 6.45) is 5.89. The molecule has 21 heavy (non-hydrogen) atoms. The van der Waals surface area contributed by atoms with E-state index in [0.717, 1.165) is 12.1 Å². The molecule has 0 fully saturated rings. The van der Waals surface area contributed by atoms with E-state index in [1.807, 2.05) is 0 Å². The molecule has 2 rings (SSSR count). The van der Waals surface area contributed by atoms with Crippen molar-refractivity contribution >= 4 is 10.0 Å². The Bertz CT molecular complexity index is 647. The second kappa shape index (κ2) is 6.88. The Hall–Kier alpha value is -1.64. The molecule has 0 aliphatic heterocycles. The van der Waals surface area contributed by atoms with Crippen molar-refractivity contribution in [3.63, 3.8) is 0 Å². The molecule has 2 aromatic heterocycles. The van der Waals surface area contributed by atoms with E-state index in [9.17, 15) is 8.42 Å². The van der Waals surface area contributed by atoms with Crippen molar-refractivity contribution in [3.8, 4) is 0 Å². The molecule has 0 bridgehead atoms. The summed E-state index contributed by atoms with van der Waals surface area (Å²) < 4.78 is 33.2. The zero-order valence-corrected chi connectivity index (χ0v) is 12.9. The van der Waals surface area contributed by atoms with Gasteiger partial charge in [-0.15, -0.1) is 0 Å². The molecule has 0 unspecified atom stereocenters. The molecule has 0 saturated carbocycles. The molecule has 0 spiro atoms. The van der Waals surface area contributed by atoms with Crippen LogP contribution in [0.1, 0.15) is 19.4 Å². The Kier molecular flexibility index (Phi) is 5.16. The lowest BCUT2D eigenvalue weighted by atomic mass is 10.4. The fourth-order valence-electron chi connectivity index (χ4n) is 1.73. The maximum absolute atomic E-state index is 12.1. The minimum Gasteiger partial charge on any atom is -0.472 e. The summed E-state index contributed by atoms with van der Waals surface area (Å²) in [5.74, 6) is 0. The van der Waals surface area contributed by atoms with Gasteiger partial charge in [-0.1, -0.05) is 13.8 Å². The topological polar surface area (TPSA) is 89.2 Å². The minimum absolute atomic E-state index is 0.163. The zero-order valence-electron chi connectivity index (χ0n) is 12.1. The van der Waals surface area contributed by atoms with E-state index in [-0.39, 0.29) is 11.4 Å². The largest absolute Gasteiger partial charge is 0.472 e. The van der Waals surface area contributed by atoms with Crippen LogP contribution in [0, 0.1) is 0 Å². The van der Waals surface area contributed by atoms with E-state index >= 15 is 0 Å². The Morgan fingerprint density at radius 2 is 2.24 bits per heavy atom. The van der Waals surface area contributed by atoms with Gasteiger partial charge in [0.1, 0.15) is 4.90 Å². The van der Waals surface area contributed by atoms with E-state index in [1.165, 1.54) is 24.9 Å². The van der Waals surface area contributed by atoms with Gasteiger partial charge in [0.25, 0.3) is 0 Å². The summed E-state index contributed by atoms with van der Waals surface area (Å²) >= 11 is 0. The van der Waals surface area contributed by atoms with E-state index < -0.39 is 10.0 Å². The Morgan fingerprint density at radius 1 is 1.43 bits per heavy atom. The molecule has 0 amide bonds. The number of sulfonamides is 1. The van der Waals surface area contributed by atoms with Gasteiger partial charge in [0.2, 0.25) is 10.0 Å². The molecule has 0 saturated heterocycles. The van der Waals surface area contributed by atoms with Crippen LogP contribution in [0.3, 0.4) is 0 Å². The number of nitrogens with one attached hydrogen (secondary N) is 2. The lowest BCUT2D eigenvalue weighted by Gasteiger charge is -2.07. The van der Waals surface area contributed by atoms with Crippen LogP contribution in [0.15, 0.2) is 40.3 Å².